The highest BCUT2D eigenvalue weighted by atomic mass is 32.2. The Hall–Kier alpha value is -2.87. The van der Waals surface area contributed by atoms with Crippen molar-refractivity contribution in [3.8, 4) is 0 Å². The fourth-order valence-corrected chi connectivity index (χ4v) is 3.04. The maximum atomic E-state index is 12.4. The van der Waals surface area contributed by atoms with Crippen molar-refractivity contribution in [2.75, 3.05) is 4.90 Å². The monoisotopic (exact) mass is 342 g/mol. The zero-order valence-electron chi connectivity index (χ0n) is 12.5. The number of nitrogens with two attached hydrogens (primary N) is 1. The van der Waals surface area contributed by atoms with Gasteiger partial charge in [-0.3, -0.25) is 9.59 Å². The number of para-hydroxylation sites is 1. The molecule has 7 nitrogen and oxygen atoms in total. The molecule has 0 spiro atoms. The summed E-state index contributed by atoms with van der Waals surface area (Å²) in [6, 6.07) is 12.2. The van der Waals surface area contributed by atoms with Crippen LogP contribution < -0.4 is 10.6 Å². The summed E-state index contributed by atoms with van der Waals surface area (Å²) in [6.07, 6.45) is 3.01. The maximum absolute atomic E-state index is 12.4. The fourth-order valence-electron chi connectivity index (χ4n) is 2.22. The molecule has 0 saturated carbocycles. The first-order valence-corrected chi connectivity index (χ1v) is 8.01. The summed E-state index contributed by atoms with van der Waals surface area (Å²) in [5.74, 6) is -0.0149. The average molecular weight is 342 g/mol. The number of benzene rings is 1. The lowest BCUT2D eigenvalue weighted by molar-refractivity contribution is -0.121. The van der Waals surface area contributed by atoms with Gasteiger partial charge in [-0.05, 0) is 24.3 Å². The minimum atomic E-state index is -0.597. The van der Waals surface area contributed by atoms with Crippen LogP contribution in [0.4, 0.5) is 5.69 Å². The van der Waals surface area contributed by atoms with Gasteiger partial charge in [-0.2, -0.15) is 5.10 Å². The minimum Gasteiger partial charge on any atom is -0.463 e. The first kappa shape index (κ1) is 16.0. The quantitative estimate of drug-likeness (QED) is 0.396. The molecule has 24 heavy (non-hydrogen) atoms. The number of anilines is 1. The predicted octanol–water partition coefficient (Wildman–Crippen LogP) is 1.99. The second-order valence-corrected chi connectivity index (χ2v) is 6.13. The fraction of sp³-hybridized carbons (Fsp3) is 0.125. The maximum Gasteiger partial charge on any atom is 0.247 e. The molecule has 3 rings (SSSR count). The molecule has 1 atom stereocenters. The largest absolute Gasteiger partial charge is 0.463 e. The van der Waals surface area contributed by atoms with Crippen LogP contribution in [-0.4, -0.2) is 28.4 Å². The normalized spacial score (nSPS) is 18.8. The van der Waals surface area contributed by atoms with E-state index in [-0.39, 0.29) is 23.4 Å². The first-order chi connectivity index (χ1) is 11.6. The molecule has 1 aliphatic rings. The highest BCUT2D eigenvalue weighted by Gasteiger charge is 2.40. The Balaban J connectivity index is 1.65. The topological polar surface area (TPSA) is 101 Å². The van der Waals surface area contributed by atoms with E-state index < -0.39 is 5.25 Å². The Morgan fingerprint density at radius 2 is 2.04 bits per heavy atom. The second-order valence-electron chi connectivity index (χ2n) is 4.91. The van der Waals surface area contributed by atoms with Crippen molar-refractivity contribution >= 4 is 40.6 Å². The van der Waals surface area contributed by atoms with Crippen molar-refractivity contribution in [3.05, 3.63) is 54.5 Å². The van der Waals surface area contributed by atoms with Gasteiger partial charge >= 0.3 is 0 Å². The standard InChI is InChI=1S/C16H14N4O3S/c17-16(19-18-10-12-7-4-8-23-12)24-13-9-14(21)20(15(13)22)11-5-2-1-3-6-11/h1-8,10,13H,9H2,(H2,17,19)/b18-10-/t13-/m0/s1. The van der Waals surface area contributed by atoms with Crippen molar-refractivity contribution in [2.45, 2.75) is 11.7 Å². The van der Waals surface area contributed by atoms with E-state index in [0.29, 0.717) is 11.4 Å². The number of furan rings is 1. The number of nitrogens with zero attached hydrogens (tertiary/aromatic N) is 3. The molecule has 122 valence electrons. The third kappa shape index (κ3) is 3.54. The first-order valence-electron chi connectivity index (χ1n) is 7.13. The summed E-state index contributed by atoms with van der Waals surface area (Å²) in [5.41, 5.74) is 6.33. The van der Waals surface area contributed by atoms with E-state index in [9.17, 15) is 9.59 Å². The highest BCUT2D eigenvalue weighted by Crippen LogP contribution is 2.29. The molecule has 1 aromatic heterocycles. The molecule has 2 aromatic rings. The third-order valence-electron chi connectivity index (χ3n) is 3.27. The van der Waals surface area contributed by atoms with E-state index >= 15 is 0 Å². The van der Waals surface area contributed by atoms with Gasteiger partial charge in [0.15, 0.2) is 5.17 Å². The molecule has 1 fully saturated rings. The molecule has 2 N–H and O–H groups in total. The molecule has 1 saturated heterocycles. The van der Waals surface area contributed by atoms with Gasteiger partial charge in [-0.25, -0.2) is 4.90 Å². The van der Waals surface area contributed by atoms with Crippen LogP contribution in [0.3, 0.4) is 0 Å². The SMILES string of the molecule is NC(=N/N=C\c1ccco1)S[C@H]1CC(=O)N(c2ccccc2)C1=O. The lowest BCUT2D eigenvalue weighted by Crippen LogP contribution is -2.31. The van der Waals surface area contributed by atoms with Gasteiger partial charge in [-0.15, -0.1) is 5.10 Å². The summed E-state index contributed by atoms with van der Waals surface area (Å²) in [7, 11) is 0. The Morgan fingerprint density at radius 1 is 1.25 bits per heavy atom. The van der Waals surface area contributed by atoms with Crippen LogP contribution in [0.1, 0.15) is 12.2 Å². The Bertz CT molecular complexity index is 787. The number of amidine groups is 1. The number of hydrogen-bond donors (Lipinski definition) is 1. The van der Waals surface area contributed by atoms with E-state index in [0.717, 1.165) is 11.8 Å². The van der Waals surface area contributed by atoms with Crippen LogP contribution in [0.5, 0.6) is 0 Å². The van der Waals surface area contributed by atoms with Crippen LogP contribution in [-0.2, 0) is 9.59 Å². The molecule has 8 heteroatoms. The molecular formula is C16H14N4O3S. The number of carbonyl (C=O) groups excluding carboxylic acids is 2. The molecule has 1 aromatic carbocycles. The Labute approximate surface area is 142 Å². The summed E-state index contributed by atoms with van der Waals surface area (Å²) < 4.78 is 5.07. The van der Waals surface area contributed by atoms with Crippen LogP contribution in [0.2, 0.25) is 0 Å². The highest BCUT2D eigenvalue weighted by molar-refractivity contribution is 8.14. The number of imide groups is 1. The number of rotatable bonds is 4. The van der Waals surface area contributed by atoms with Crippen molar-refractivity contribution < 1.29 is 14.0 Å². The smallest absolute Gasteiger partial charge is 0.247 e. The third-order valence-corrected chi connectivity index (χ3v) is 4.24. The van der Waals surface area contributed by atoms with Crippen LogP contribution in [0.25, 0.3) is 0 Å². The van der Waals surface area contributed by atoms with Gasteiger partial charge in [0.2, 0.25) is 11.8 Å². The second kappa shape index (κ2) is 7.14. The summed E-state index contributed by atoms with van der Waals surface area (Å²) in [4.78, 5) is 25.7. The van der Waals surface area contributed by atoms with Gasteiger partial charge < -0.3 is 10.2 Å². The van der Waals surface area contributed by atoms with Crippen molar-refractivity contribution in [2.24, 2.45) is 15.9 Å². The van der Waals surface area contributed by atoms with Gasteiger partial charge in [0.25, 0.3) is 0 Å². The zero-order chi connectivity index (χ0) is 16.9. The van der Waals surface area contributed by atoms with Crippen molar-refractivity contribution in [1.29, 1.82) is 0 Å². The molecule has 0 aliphatic carbocycles. The molecular weight excluding hydrogens is 328 g/mol. The van der Waals surface area contributed by atoms with Crippen LogP contribution in [0.15, 0.2) is 63.3 Å². The molecule has 0 unspecified atom stereocenters. The zero-order valence-corrected chi connectivity index (χ0v) is 13.3. The average Bonchev–Trinajstić information content (AvgIpc) is 3.17. The Morgan fingerprint density at radius 3 is 2.75 bits per heavy atom. The van der Waals surface area contributed by atoms with Crippen molar-refractivity contribution in [3.63, 3.8) is 0 Å². The van der Waals surface area contributed by atoms with Gasteiger partial charge in [-0.1, -0.05) is 30.0 Å². The predicted molar refractivity (Wildman–Crippen MR) is 92.9 cm³/mol. The molecule has 2 amide bonds. The minimum absolute atomic E-state index is 0.0799. The molecule has 1 aliphatic heterocycles. The van der Waals surface area contributed by atoms with Gasteiger partial charge in [0.1, 0.15) is 11.0 Å². The summed E-state index contributed by atoms with van der Waals surface area (Å²) in [5, 5.41) is 7.11. The van der Waals surface area contributed by atoms with E-state index in [1.807, 2.05) is 6.07 Å². The van der Waals surface area contributed by atoms with E-state index in [1.54, 1.807) is 36.4 Å². The Kier molecular flexibility index (Phi) is 4.76. The van der Waals surface area contributed by atoms with E-state index in [1.165, 1.54) is 17.4 Å². The van der Waals surface area contributed by atoms with Crippen molar-refractivity contribution in [1.82, 2.24) is 0 Å². The van der Waals surface area contributed by atoms with Gasteiger partial charge in [0, 0.05) is 6.42 Å². The van der Waals surface area contributed by atoms with Crippen LogP contribution in [0, 0.1) is 0 Å². The molecule has 0 bridgehead atoms. The summed E-state index contributed by atoms with van der Waals surface area (Å²) in [6.45, 7) is 0. The number of amides is 2. The van der Waals surface area contributed by atoms with E-state index in [4.69, 9.17) is 10.2 Å². The molecule has 0 radical (unpaired) electrons. The van der Waals surface area contributed by atoms with E-state index in [2.05, 4.69) is 10.2 Å². The lowest BCUT2D eigenvalue weighted by Gasteiger charge is -2.14. The number of hydrogen-bond acceptors (Lipinski definition) is 6. The lowest BCUT2D eigenvalue weighted by atomic mass is 10.3. The van der Waals surface area contributed by atoms with Gasteiger partial charge in [0.05, 0.1) is 18.2 Å². The number of thioether (sulfide) groups is 1. The van der Waals surface area contributed by atoms with Crippen LogP contribution >= 0.6 is 11.8 Å². The molecule has 2 heterocycles. The number of carbonyl (C=O) groups is 2. The summed E-state index contributed by atoms with van der Waals surface area (Å²) >= 11 is 1.03.